The third-order valence-electron chi connectivity index (χ3n) is 5.00. The van der Waals surface area contributed by atoms with Crippen molar-refractivity contribution in [2.75, 3.05) is 25.1 Å². The molecule has 7 nitrogen and oxygen atoms in total. The Labute approximate surface area is 177 Å². The summed E-state index contributed by atoms with van der Waals surface area (Å²) in [7, 11) is 1.60. The lowest BCUT2D eigenvalue weighted by atomic mass is 10.2. The molecule has 1 aromatic heterocycles. The summed E-state index contributed by atoms with van der Waals surface area (Å²) in [5.41, 5.74) is 1.85. The van der Waals surface area contributed by atoms with Crippen molar-refractivity contribution in [3.05, 3.63) is 59.8 Å². The van der Waals surface area contributed by atoms with E-state index < -0.39 is 6.04 Å². The van der Waals surface area contributed by atoms with E-state index in [4.69, 9.17) is 4.74 Å². The number of hydrogen-bond acceptors (Lipinski definition) is 5. The molecule has 1 fully saturated rings. The number of nitrogens with one attached hydrogen (secondary N) is 2. The Balaban J connectivity index is 1.46. The second kappa shape index (κ2) is 10.4. The van der Waals surface area contributed by atoms with Crippen LogP contribution in [0.5, 0.6) is 5.75 Å². The molecule has 3 rings (SSSR count). The Morgan fingerprint density at radius 1 is 1.20 bits per heavy atom. The van der Waals surface area contributed by atoms with Gasteiger partial charge >= 0.3 is 0 Å². The van der Waals surface area contributed by atoms with Crippen LogP contribution in [-0.4, -0.2) is 43.0 Å². The number of nitrogens with zero attached hydrogens (tertiary/aromatic N) is 2. The van der Waals surface area contributed by atoms with Gasteiger partial charge in [0.25, 0.3) is 0 Å². The average molecular weight is 409 g/mol. The van der Waals surface area contributed by atoms with Gasteiger partial charge in [0.1, 0.15) is 17.6 Å². The molecule has 2 heterocycles. The molecule has 0 aliphatic carbocycles. The highest BCUT2D eigenvalue weighted by Crippen LogP contribution is 2.18. The molecule has 1 aliphatic rings. The van der Waals surface area contributed by atoms with Crippen molar-refractivity contribution in [2.24, 2.45) is 0 Å². The van der Waals surface area contributed by atoms with Gasteiger partial charge in [-0.25, -0.2) is 4.98 Å². The van der Waals surface area contributed by atoms with E-state index in [9.17, 15) is 9.59 Å². The predicted octanol–water partition coefficient (Wildman–Crippen LogP) is 2.52. The van der Waals surface area contributed by atoms with Crippen LogP contribution >= 0.6 is 0 Å². The van der Waals surface area contributed by atoms with E-state index in [1.54, 1.807) is 26.3 Å². The number of pyridine rings is 1. The van der Waals surface area contributed by atoms with E-state index in [1.807, 2.05) is 36.4 Å². The minimum absolute atomic E-state index is 0.235. The minimum atomic E-state index is -0.641. The molecular formula is C23H28N4O3. The first-order valence-electron chi connectivity index (χ1n) is 10.2. The molecule has 0 spiro atoms. The molecule has 1 aliphatic heterocycles. The molecule has 1 aromatic carbocycles. The van der Waals surface area contributed by atoms with E-state index in [0.29, 0.717) is 6.54 Å². The average Bonchev–Trinajstić information content (AvgIpc) is 3.31. The number of amides is 2. The topological polar surface area (TPSA) is 83.6 Å². The third-order valence-corrected chi connectivity index (χ3v) is 5.00. The number of carbonyl (C=O) groups is 2. The fraction of sp³-hybridized carbons (Fsp3) is 0.348. The van der Waals surface area contributed by atoms with Crippen LogP contribution in [0.25, 0.3) is 6.08 Å². The normalized spacial score (nSPS) is 14.5. The van der Waals surface area contributed by atoms with E-state index in [-0.39, 0.29) is 11.8 Å². The van der Waals surface area contributed by atoms with Gasteiger partial charge in [0.2, 0.25) is 11.8 Å². The molecule has 7 heteroatoms. The lowest BCUT2D eigenvalue weighted by molar-refractivity contribution is -0.126. The highest BCUT2D eigenvalue weighted by molar-refractivity contribution is 5.95. The van der Waals surface area contributed by atoms with Gasteiger partial charge in [-0.3, -0.25) is 9.59 Å². The van der Waals surface area contributed by atoms with Gasteiger partial charge in [0, 0.05) is 31.9 Å². The molecule has 0 bridgehead atoms. The molecular weight excluding hydrogens is 380 g/mol. The Kier molecular flexibility index (Phi) is 7.43. The first kappa shape index (κ1) is 21.4. The van der Waals surface area contributed by atoms with E-state index in [2.05, 4.69) is 20.5 Å². The molecule has 0 radical (unpaired) electrons. The molecule has 2 amide bonds. The van der Waals surface area contributed by atoms with Gasteiger partial charge in [-0.2, -0.15) is 0 Å². The molecule has 1 unspecified atom stereocenters. The summed E-state index contributed by atoms with van der Waals surface area (Å²) in [5, 5.41) is 5.55. The molecule has 30 heavy (non-hydrogen) atoms. The molecule has 1 saturated heterocycles. The van der Waals surface area contributed by atoms with Crippen LogP contribution < -0.4 is 20.3 Å². The number of benzene rings is 1. The van der Waals surface area contributed by atoms with Crippen LogP contribution in [0.15, 0.2) is 48.7 Å². The number of anilines is 1. The SMILES string of the molecule is COc1ccc(/C=C/C(=O)NC(C)C(=O)NCc2ccnc(N3CCCC3)c2)cc1. The zero-order valence-electron chi connectivity index (χ0n) is 17.4. The van der Waals surface area contributed by atoms with Gasteiger partial charge in [-0.15, -0.1) is 0 Å². The van der Waals surface area contributed by atoms with Crippen LogP contribution in [0.3, 0.4) is 0 Å². The maximum absolute atomic E-state index is 12.3. The van der Waals surface area contributed by atoms with Crippen LogP contribution in [0.2, 0.25) is 0 Å². The van der Waals surface area contributed by atoms with Crippen molar-refractivity contribution >= 4 is 23.7 Å². The van der Waals surface area contributed by atoms with Gasteiger partial charge in [-0.05, 0) is 61.2 Å². The number of rotatable bonds is 8. The van der Waals surface area contributed by atoms with Gasteiger partial charge in [-0.1, -0.05) is 12.1 Å². The number of ether oxygens (including phenoxy) is 1. The zero-order valence-corrected chi connectivity index (χ0v) is 17.4. The summed E-state index contributed by atoms with van der Waals surface area (Å²) in [6, 6.07) is 10.6. The Hall–Kier alpha value is -3.35. The van der Waals surface area contributed by atoms with Crippen molar-refractivity contribution in [3.8, 4) is 5.75 Å². The van der Waals surface area contributed by atoms with Crippen molar-refractivity contribution in [3.63, 3.8) is 0 Å². The third kappa shape index (κ3) is 6.07. The summed E-state index contributed by atoms with van der Waals surface area (Å²) in [6.07, 6.45) is 7.25. The van der Waals surface area contributed by atoms with E-state index >= 15 is 0 Å². The summed E-state index contributed by atoms with van der Waals surface area (Å²) in [6.45, 7) is 4.10. The highest BCUT2D eigenvalue weighted by Gasteiger charge is 2.16. The van der Waals surface area contributed by atoms with Crippen molar-refractivity contribution in [2.45, 2.75) is 32.4 Å². The largest absolute Gasteiger partial charge is 0.497 e. The van der Waals surface area contributed by atoms with Crippen molar-refractivity contribution in [1.29, 1.82) is 0 Å². The van der Waals surface area contributed by atoms with Gasteiger partial charge in [0.05, 0.1) is 7.11 Å². The fourth-order valence-electron chi connectivity index (χ4n) is 3.25. The molecule has 2 N–H and O–H groups in total. The Morgan fingerprint density at radius 3 is 2.63 bits per heavy atom. The highest BCUT2D eigenvalue weighted by atomic mass is 16.5. The van der Waals surface area contributed by atoms with E-state index in [1.165, 1.54) is 18.9 Å². The monoisotopic (exact) mass is 408 g/mol. The van der Waals surface area contributed by atoms with Crippen LogP contribution in [-0.2, 0) is 16.1 Å². The number of aromatic nitrogens is 1. The quantitative estimate of drug-likeness (QED) is 0.656. The van der Waals surface area contributed by atoms with Gasteiger partial charge < -0.3 is 20.3 Å². The molecule has 1 atom stereocenters. The van der Waals surface area contributed by atoms with Crippen molar-refractivity contribution in [1.82, 2.24) is 15.6 Å². The van der Waals surface area contributed by atoms with Crippen LogP contribution in [0, 0.1) is 0 Å². The van der Waals surface area contributed by atoms with Crippen LogP contribution in [0.1, 0.15) is 30.9 Å². The lowest BCUT2D eigenvalue weighted by Gasteiger charge is -2.17. The first-order valence-corrected chi connectivity index (χ1v) is 10.2. The van der Waals surface area contributed by atoms with Crippen LogP contribution in [0.4, 0.5) is 5.82 Å². The Bertz CT molecular complexity index is 890. The number of methoxy groups -OCH3 is 1. The minimum Gasteiger partial charge on any atom is -0.497 e. The second-order valence-corrected chi connectivity index (χ2v) is 7.27. The molecule has 2 aromatic rings. The summed E-state index contributed by atoms with van der Waals surface area (Å²) in [4.78, 5) is 31.1. The zero-order chi connectivity index (χ0) is 21.3. The summed E-state index contributed by atoms with van der Waals surface area (Å²) < 4.78 is 5.11. The first-order chi connectivity index (χ1) is 14.5. The Morgan fingerprint density at radius 2 is 1.93 bits per heavy atom. The predicted molar refractivity (Wildman–Crippen MR) is 117 cm³/mol. The number of carbonyl (C=O) groups excluding carboxylic acids is 2. The maximum Gasteiger partial charge on any atom is 0.244 e. The lowest BCUT2D eigenvalue weighted by Crippen LogP contribution is -2.44. The second-order valence-electron chi connectivity index (χ2n) is 7.27. The van der Waals surface area contributed by atoms with Crippen molar-refractivity contribution < 1.29 is 14.3 Å². The number of hydrogen-bond donors (Lipinski definition) is 2. The molecule has 158 valence electrons. The summed E-state index contributed by atoms with van der Waals surface area (Å²) >= 11 is 0. The summed E-state index contributed by atoms with van der Waals surface area (Å²) in [5.74, 6) is 1.14. The van der Waals surface area contributed by atoms with Gasteiger partial charge in [0.15, 0.2) is 0 Å². The van der Waals surface area contributed by atoms with E-state index in [0.717, 1.165) is 35.8 Å². The smallest absolute Gasteiger partial charge is 0.244 e. The molecule has 0 saturated carbocycles. The maximum atomic E-state index is 12.3. The fourth-order valence-corrected chi connectivity index (χ4v) is 3.25. The standard InChI is InChI=1S/C23H28N4O3/c1-17(26-22(28)10-7-18-5-8-20(30-2)9-6-18)23(29)25-16-19-11-12-24-21(15-19)27-13-3-4-14-27/h5-12,15,17H,3-4,13-14,16H2,1-2H3,(H,25,29)(H,26,28)/b10-7+.